The normalized spacial score (nSPS) is 13.1. The van der Waals surface area contributed by atoms with E-state index in [4.69, 9.17) is 4.74 Å². The molecule has 0 atom stereocenters. The zero-order valence-electron chi connectivity index (χ0n) is 16.5. The first-order chi connectivity index (χ1) is 14.2. The number of amides is 2. The number of para-hydroxylation sites is 1. The van der Waals surface area contributed by atoms with Crippen molar-refractivity contribution in [3.63, 3.8) is 0 Å². The highest BCUT2D eigenvalue weighted by Gasteiger charge is 2.27. The molecule has 7 heteroatoms. The maximum atomic E-state index is 12.5. The molecule has 0 radical (unpaired) electrons. The summed E-state index contributed by atoms with van der Waals surface area (Å²) in [5.41, 5.74) is 3.85. The lowest BCUT2D eigenvalue weighted by atomic mass is 9.95. The second kappa shape index (κ2) is 8.69. The lowest BCUT2D eigenvalue weighted by Gasteiger charge is -2.12. The molecule has 2 amide bonds. The van der Waals surface area contributed by atoms with Gasteiger partial charge in [0.2, 0.25) is 0 Å². The zero-order valence-corrected chi connectivity index (χ0v) is 17.3. The van der Waals surface area contributed by atoms with Crippen LogP contribution in [0.5, 0.6) is 0 Å². The van der Waals surface area contributed by atoms with Gasteiger partial charge in [-0.2, -0.15) is 0 Å². The summed E-state index contributed by atoms with van der Waals surface area (Å²) in [5, 5.41) is 7.56. The first-order valence-electron chi connectivity index (χ1n) is 10.1. The standard InChI is InChI=1S/C22H25N3O3S/c1-2-28-21(26)19-16-8-4-6-10-18(16)29-20(19)25-22(27)23-12-11-14-13-24-17-9-5-3-7-15(14)17/h3,5,7,9,13,24H,2,4,6,8,10-12H2,1H3,(H2,23,25,27). The van der Waals surface area contributed by atoms with E-state index >= 15 is 0 Å². The van der Waals surface area contributed by atoms with E-state index in [1.54, 1.807) is 6.92 Å². The van der Waals surface area contributed by atoms with Crippen LogP contribution in [0.3, 0.4) is 0 Å². The highest BCUT2D eigenvalue weighted by Crippen LogP contribution is 2.38. The van der Waals surface area contributed by atoms with E-state index in [0.29, 0.717) is 23.7 Å². The number of hydrogen-bond acceptors (Lipinski definition) is 4. The van der Waals surface area contributed by atoms with Crippen LogP contribution in [-0.2, 0) is 24.0 Å². The quantitative estimate of drug-likeness (QED) is 0.516. The Hall–Kier alpha value is -2.80. The smallest absolute Gasteiger partial charge is 0.341 e. The number of fused-ring (bicyclic) bond motifs is 2. The first-order valence-corrected chi connectivity index (χ1v) is 10.9. The van der Waals surface area contributed by atoms with Crippen LogP contribution in [0, 0.1) is 0 Å². The minimum absolute atomic E-state index is 0.297. The molecular weight excluding hydrogens is 386 g/mol. The van der Waals surface area contributed by atoms with Crippen LogP contribution in [0.1, 0.15) is 46.1 Å². The molecule has 3 aromatic rings. The van der Waals surface area contributed by atoms with Gasteiger partial charge in [0.1, 0.15) is 5.00 Å². The van der Waals surface area contributed by atoms with Crippen molar-refractivity contribution in [2.75, 3.05) is 18.5 Å². The molecule has 0 spiro atoms. The Morgan fingerprint density at radius 2 is 2.03 bits per heavy atom. The van der Waals surface area contributed by atoms with Crippen LogP contribution in [0.15, 0.2) is 30.5 Å². The minimum Gasteiger partial charge on any atom is -0.462 e. The predicted molar refractivity (Wildman–Crippen MR) is 116 cm³/mol. The van der Waals surface area contributed by atoms with Crippen molar-refractivity contribution in [1.82, 2.24) is 10.3 Å². The molecule has 1 aliphatic carbocycles. The van der Waals surface area contributed by atoms with E-state index in [-0.39, 0.29) is 12.0 Å². The van der Waals surface area contributed by atoms with Gasteiger partial charge in [-0.15, -0.1) is 11.3 Å². The molecule has 29 heavy (non-hydrogen) atoms. The Kier molecular flexibility index (Phi) is 5.85. The van der Waals surface area contributed by atoms with E-state index in [1.165, 1.54) is 27.2 Å². The second-order valence-electron chi connectivity index (χ2n) is 7.13. The number of esters is 1. The summed E-state index contributed by atoms with van der Waals surface area (Å²) in [6.07, 6.45) is 6.71. The number of aromatic amines is 1. The maximum absolute atomic E-state index is 12.5. The molecule has 0 unspecified atom stereocenters. The number of nitrogens with one attached hydrogen (secondary N) is 3. The van der Waals surface area contributed by atoms with Crippen LogP contribution in [0.25, 0.3) is 10.9 Å². The van der Waals surface area contributed by atoms with Gasteiger partial charge in [0, 0.05) is 28.5 Å². The minimum atomic E-state index is -0.346. The van der Waals surface area contributed by atoms with Gasteiger partial charge >= 0.3 is 12.0 Å². The van der Waals surface area contributed by atoms with Crippen molar-refractivity contribution in [2.45, 2.75) is 39.0 Å². The van der Waals surface area contributed by atoms with Crippen LogP contribution >= 0.6 is 11.3 Å². The summed E-state index contributed by atoms with van der Waals surface area (Å²) < 4.78 is 5.24. The number of benzene rings is 1. The molecule has 0 bridgehead atoms. The average Bonchev–Trinajstić information content (AvgIpc) is 3.29. The van der Waals surface area contributed by atoms with Gasteiger partial charge < -0.3 is 15.0 Å². The Morgan fingerprint density at radius 1 is 1.21 bits per heavy atom. The third-order valence-electron chi connectivity index (χ3n) is 5.23. The zero-order chi connectivity index (χ0) is 20.2. The monoisotopic (exact) mass is 411 g/mol. The number of aromatic nitrogens is 1. The van der Waals surface area contributed by atoms with Crippen molar-refractivity contribution < 1.29 is 14.3 Å². The van der Waals surface area contributed by atoms with Crippen LogP contribution in [0.4, 0.5) is 9.80 Å². The molecule has 1 aromatic carbocycles. The van der Waals surface area contributed by atoms with Crippen molar-refractivity contribution in [2.24, 2.45) is 0 Å². The lowest BCUT2D eigenvalue weighted by molar-refractivity contribution is 0.0526. The number of thiophene rings is 1. The lowest BCUT2D eigenvalue weighted by Crippen LogP contribution is -2.30. The van der Waals surface area contributed by atoms with Crippen molar-refractivity contribution >= 4 is 39.2 Å². The summed E-state index contributed by atoms with van der Waals surface area (Å²) in [6.45, 7) is 2.62. The van der Waals surface area contributed by atoms with Gasteiger partial charge in [0.05, 0.1) is 12.2 Å². The molecule has 0 fully saturated rings. The Morgan fingerprint density at radius 3 is 2.90 bits per heavy atom. The number of H-pyrrole nitrogens is 1. The van der Waals surface area contributed by atoms with Crippen LogP contribution in [0.2, 0.25) is 0 Å². The fourth-order valence-corrected chi connectivity index (χ4v) is 5.14. The maximum Gasteiger partial charge on any atom is 0.341 e. The molecule has 0 saturated heterocycles. The topological polar surface area (TPSA) is 83.2 Å². The number of hydrogen-bond donors (Lipinski definition) is 3. The molecule has 2 aromatic heterocycles. The number of carbonyl (C=O) groups excluding carboxylic acids is 2. The molecular formula is C22H25N3O3S. The van der Waals surface area contributed by atoms with Crippen molar-refractivity contribution in [1.29, 1.82) is 0 Å². The molecule has 2 heterocycles. The number of ether oxygens (including phenoxy) is 1. The molecule has 6 nitrogen and oxygen atoms in total. The van der Waals surface area contributed by atoms with Gasteiger partial charge in [-0.05, 0) is 56.2 Å². The molecule has 152 valence electrons. The van der Waals surface area contributed by atoms with E-state index in [2.05, 4.69) is 21.7 Å². The molecule has 3 N–H and O–H groups in total. The number of carbonyl (C=O) groups is 2. The summed E-state index contributed by atoms with van der Waals surface area (Å²) in [6, 6.07) is 7.82. The fourth-order valence-electron chi connectivity index (χ4n) is 3.87. The fraction of sp³-hybridized carbons (Fsp3) is 0.364. The number of aryl methyl sites for hydroxylation is 1. The SMILES string of the molecule is CCOC(=O)c1c(NC(=O)NCCc2c[nH]c3ccccc23)sc2c1CCCC2. The van der Waals surface area contributed by atoms with Gasteiger partial charge in [-0.1, -0.05) is 18.2 Å². The molecule has 4 rings (SSSR count). The summed E-state index contributed by atoms with van der Waals surface area (Å²) in [4.78, 5) is 29.4. The van der Waals surface area contributed by atoms with E-state index < -0.39 is 0 Å². The highest BCUT2D eigenvalue weighted by atomic mass is 32.1. The van der Waals surface area contributed by atoms with Crippen molar-refractivity contribution in [3.05, 3.63) is 52.0 Å². The number of anilines is 1. The third kappa shape index (κ3) is 4.15. The van der Waals surface area contributed by atoms with Gasteiger partial charge in [-0.3, -0.25) is 5.32 Å². The van der Waals surface area contributed by atoms with Gasteiger partial charge in [0.15, 0.2) is 0 Å². The summed E-state index contributed by atoms with van der Waals surface area (Å²) in [5.74, 6) is -0.346. The highest BCUT2D eigenvalue weighted by molar-refractivity contribution is 7.17. The molecule has 1 aliphatic rings. The number of rotatable bonds is 6. The largest absolute Gasteiger partial charge is 0.462 e. The predicted octanol–water partition coefficient (Wildman–Crippen LogP) is 4.65. The first kappa shape index (κ1) is 19.5. The van der Waals surface area contributed by atoms with Crippen LogP contribution < -0.4 is 10.6 Å². The van der Waals surface area contributed by atoms with E-state index in [9.17, 15) is 9.59 Å². The molecule has 0 aliphatic heterocycles. The Bertz CT molecular complexity index is 1040. The third-order valence-corrected chi connectivity index (χ3v) is 6.44. The summed E-state index contributed by atoms with van der Waals surface area (Å²) in [7, 11) is 0. The Labute approximate surface area is 173 Å². The van der Waals surface area contributed by atoms with Gasteiger partial charge in [-0.25, -0.2) is 9.59 Å². The molecule has 0 saturated carbocycles. The average molecular weight is 412 g/mol. The van der Waals surface area contributed by atoms with E-state index in [0.717, 1.165) is 43.2 Å². The van der Waals surface area contributed by atoms with Gasteiger partial charge in [0.25, 0.3) is 0 Å². The van der Waals surface area contributed by atoms with Crippen LogP contribution in [-0.4, -0.2) is 30.1 Å². The van der Waals surface area contributed by atoms with E-state index in [1.807, 2.05) is 24.4 Å². The Balaban J connectivity index is 1.41. The number of urea groups is 1. The van der Waals surface area contributed by atoms with Crippen molar-refractivity contribution in [3.8, 4) is 0 Å². The second-order valence-corrected chi connectivity index (χ2v) is 8.23. The summed E-state index contributed by atoms with van der Waals surface area (Å²) >= 11 is 1.50.